The molecule has 1 N–H and O–H groups in total. The van der Waals surface area contributed by atoms with Crippen molar-refractivity contribution < 1.29 is 23.4 Å². The van der Waals surface area contributed by atoms with E-state index in [1.165, 1.54) is 0 Å². The number of hydrogen-bond acceptors (Lipinski definition) is 3. The monoisotopic (exact) mass is 359 g/mol. The van der Waals surface area contributed by atoms with Crippen LogP contribution in [0.25, 0.3) is 11.1 Å². The van der Waals surface area contributed by atoms with Crippen LogP contribution in [-0.4, -0.2) is 47.8 Å². The second kappa shape index (κ2) is 6.36. The van der Waals surface area contributed by atoms with Crippen LogP contribution in [0, 0.1) is 0 Å². The number of likely N-dealkylation sites (tertiary alicyclic amines) is 1. The zero-order chi connectivity index (χ0) is 18.3. The first-order chi connectivity index (χ1) is 12.5. The highest BCUT2D eigenvalue weighted by Crippen LogP contribution is 2.44. The van der Waals surface area contributed by atoms with Gasteiger partial charge >= 0.3 is 6.09 Å². The predicted molar refractivity (Wildman–Crippen MR) is 92.2 cm³/mol. The lowest BCUT2D eigenvalue weighted by Gasteiger charge is -2.35. The molecule has 26 heavy (non-hydrogen) atoms. The topological polar surface area (TPSA) is 49.8 Å². The van der Waals surface area contributed by atoms with E-state index in [0.717, 1.165) is 27.2 Å². The minimum absolute atomic E-state index is 0.0629. The smallest absolute Gasteiger partial charge is 0.409 e. The second-order valence-electron chi connectivity index (χ2n) is 6.79. The van der Waals surface area contributed by atoms with Crippen molar-refractivity contribution in [2.45, 2.75) is 24.4 Å². The molecule has 1 aliphatic heterocycles. The molecule has 6 heteroatoms. The van der Waals surface area contributed by atoms with E-state index in [0.29, 0.717) is 0 Å². The summed E-state index contributed by atoms with van der Waals surface area (Å²) in [5.41, 5.74) is 4.36. The molecule has 0 saturated carbocycles. The van der Waals surface area contributed by atoms with Crippen LogP contribution in [0.2, 0.25) is 0 Å². The van der Waals surface area contributed by atoms with Crippen molar-refractivity contribution in [1.29, 1.82) is 0 Å². The molecule has 1 atom stereocenters. The Balaban J connectivity index is 1.49. The number of hydrogen-bond donors (Lipinski definition) is 1. The summed E-state index contributed by atoms with van der Waals surface area (Å²) in [6, 6.07) is 15.9. The zero-order valence-electron chi connectivity index (χ0n) is 14.1. The molecule has 0 radical (unpaired) electrons. The highest BCUT2D eigenvalue weighted by atomic mass is 19.3. The number of benzene rings is 2. The maximum Gasteiger partial charge on any atom is 0.409 e. The number of ether oxygens (including phenoxy) is 1. The summed E-state index contributed by atoms with van der Waals surface area (Å²) in [5.74, 6) is -3.41. The number of carbonyl (C=O) groups is 1. The Labute approximate surface area is 150 Å². The minimum atomic E-state index is -3.30. The average Bonchev–Trinajstić information content (AvgIpc) is 2.96. The third-order valence-corrected chi connectivity index (χ3v) is 5.16. The molecule has 2 aromatic rings. The summed E-state index contributed by atoms with van der Waals surface area (Å²) < 4.78 is 32.7. The zero-order valence-corrected chi connectivity index (χ0v) is 14.1. The summed E-state index contributed by atoms with van der Waals surface area (Å²) in [5, 5.41) is 9.33. The normalized spacial score (nSPS) is 21.2. The Bertz CT molecular complexity index is 794. The Kier molecular flexibility index (Phi) is 4.15. The van der Waals surface area contributed by atoms with E-state index in [1.807, 2.05) is 48.5 Å². The van der Waals surface area contributed by atoms with Crippen molar-refractivity contribution in [3.8, 4) is 11.1 Å². The number of alkyl halides is 2. The van der Waals surface area contributed by atoms with Crippen molar-refractivity contribution in [3.05, 3.63) is 59.7 Å². The van der Waals surface area contributed by atoms with Crippen LogP contribution in [0.5, 0.6) is 0 Å². The molecule has 2 aromatic carbocycles. The van der Waals surface area contributed by atoms with Gasteiger partial charge < -0.3 is 14.7 Å². The van der Waals surface area contributed by atoms with Gasteiger partial charge in [-0.05, 0) is 28.7 Å². The molecule has 4 rings (SSSR count). The molecule has 1 amide bonds. The Morgan fingerprint density at radius 2 is 1.69 bits per heavy atom. The number of aliphatic hydroxyl groups is 1. The van der Waals surface area contributed by atoms with Gasteiger partial charge in [-0.25, -0.2) is 13.6 Å². The molecule has 1 fully saturated rings. The van der Waals surface area contributed by atoms with Crippen LogP contribution in [0.1, 0.15) is 23.5 Å². The molecule has 0 spiro atoms. The van der Waals surface area contributed by atoms with Gasteiger partial charge in [0.05, 0.1) is 6.54 Å². The van der Waals surface area contributed by atoms with Crippen molar-refractivity contribution >= 4 is 6.09 Å². The van der Waals surface area contributed by atoms with E-state index in [4.69, 9.17) is 4.74 Å². The van der Waals surface area contributed by atoms with Crippen LogP contribution in [0.15, 0.2) is 48.5 Å². The first-order valence-electron chi connectivity index (χ1n) is 8.63. The molecule has 4 nitrogen and oxygen atoms in total. The summed E-state index contributed by atoms with van der Waals surface area (Å²) in [7, 11) is 0. The van der Waals surface area contributed by atoms with Gasteiger partial charge in [0.15, 0.2) is 0 Å². The lowest BCUT2D eigenvalue weighted by Crippen LogP contribution is -2.53. The largest absolute Gasteiger partial charge is 0.448 e. The van der Waals surface area contributed by atoms with Gasteiger partial charge in [-0.15, -0.1) is 0 Å². The number of halogens is 2. The highest BCUT2D eigenvalue weighted by molar-refractivity contribution is 5.79. The Hall–Kier alpha value is -2.47. The summed E-state index contributed by atoms with van der Waals surface area (Å²) in [6.45, 7) is -0.657. The van der Waals surface area contributed by atoms with Gasteiger partial charge in [-0.1, -0.05) is 48.5 Å². The molecule has 136 valence electrons. The van der Waals surface area contributed by atoms with Crippen molar-refractivity contribution in [1.82, 2.24) is 4.90 Å². The van der Waals surface area contributed by atoms with Crippen molar-refractivity contribution in [2.24, 2.45) is 0 Å². The fraction of sp³-hybridized carbons (Fsp3) is 0.350. The molecule has 1 heterocycles. The summed E-state index contributed by atoms with van der Waals surface area (Å²) in [6.07, 6.45) is -2.63. The Morgan fingerprint density at radius 1 is 1.12 bits per heavy atom. The number of nitrogens with zero attached hydrogens (tertiary/aromatic N) is 1. The number of piperidine rings is 1. The van der Waals surface area contributed by atoms with Gasteiger partial charge in [0.1, 0.15) is 12.7 Å². The first-order valence-corrected chi connectivity index (χ1v) is 8.63. The third kappa shape index (κ3) is 2.84. The number of carbonyl (C=O) groups excluding carboxylic acids is 1. The van der Waals surface area contributed by atoms with Gasteiger partial charge in [-0.2, -0.15) is 0 Å². The number of aliphatic hydroxyl groups excluding tert-OH is 1. The molecule has 1 unspecified atom stereocenters. The maximum absolute atomic E-state index is 13.6. The first kappa shape index (κ1) is 17.0. The molecule has 0 aromatic heterocycles. The lowest BCUT2D eigenvalue weighted by atomic mass is 9.98. The quantitative estimate of drug-likeness (QED) is 0.891. The van der Waals surface area contributed by atoms with Crippen LogP contribution < -0.4 is 0 Å². The van der Waals surface area contributed by atoms with E-state index < -0.39 is 24.7 Å². The van der Waals surface area contributed by atoms with E-state index in [-0.39, 0.29) is 25.5 Å². The van der Waals surface area contributed by atoms with Gasteiger partial charge in [-0.3, -0.25) is 0 Å². The predicted octanol–water partition coefficient (Wildman–Crippen LogP) is 3.64. The van der Waals surface area contributed by atoms with Gasteiger partial charge in [0.2, 0.25) is 0 Å². The highest BCUT2D eigenvalue weighted by Gasteiger charge is 2.45. The SMILES string of the molecule is O=C(OCC1c2ccccc2-c2ccccc21)N1CCC(O)C(F)(F)C1. The third-order valence-electron chi connectivity index (χ3n) is 5.16. The van der Waals surface area contributed by atoms with Gasteiger partial charge in [0, 0.05) is 12.5 Å². The Morgan fingerprint density at radius 3 is 2.27 bits per heavy atom. The van der Waals surface area contributed by atoms with Gasteiger partial charge in [0.25, 0.3) is 5.92 Å². The number of fused-ring (bicyclic) bond motifs is 3. The fourth-order valence-electron chi connectivity index (χ4n) is 3.77. The van der Waals surface area contributed by atoms with Crippen LogP contribution >= 0.6 is 0 Å². The van der Waals surface area contributed by atoms with E-state index in [1.54, 1.807) is 0 Å². The molecular weight excluding hydrogens is 340 g/mol. The average molecular weight is 359 g/mol. The standard InChI is InChI=1S/C20H19F2NO3/c21-20(22)12-23(10-9-18(20)24)19(25)26-11-17-15-7-3-1-5-13(15)14-6-2-4-8-16(14)17/h1-8,17-18,24H,9-12H2. The summed E-state index contributed by atoms with van der Waals surface area (Å²) in [4.78, 5) is 13.2. The minimum Gasteiger partial charge on any atom is -0.448 e. The van der Waals surface area contributed by atoms with E-state index in [2.05, 4.69) is 0 Å². The molecule has 0 bridgehead atoms. The van der Waals surface area contributed by atoms with E-state index >= 15 is 0 Å². The number of amides is 1. The van der Waals surface area contributed by atoms with E-state index in [9.17, 15) is 18.7 Å². The second-order valence-corrected chi connectivity index (χ2v) is 6.79. The molecule has 1 saturated heterocycles. The fourth-order valence-corrected chi connectivity index (χ4v) is 3.77. The van der Waals surface area contributed by atoms with Crippen molar-refractivity contribution in [3.63, 3.8) is 0 Å². The van der Waals surface area contributed by atoms with Crippen LogP contribution in [0.3, 0.4) is 0 Å². The lowest BCUT2D eigenvalue weighted by molar-refractivity contribution is -0.145. The molecule has 1 aliphatic carbocycles. The van der Waals surface area contributed by atoms with Crippen LogP contribution in [0.4, 0.5) is 13.6 Å². The number of rotatable bonds is 2. The molecule has 2 aliphatic rings. The maximum atomic E-state index is 13.6. The van der Waals surface area contributed by atoms with Crippen molar-refractivity contribution in [2.75, 3.05) is 19.7 Å². The van der Waals surface area contributed by atoms with Crippen LogP contribution in [-0.2, 0) is 4.74 Å². The molecular formula is C20H19F2NO3. The summed E-state index contributed by atoms with van der Waals surface area (Å²) >= 11 is 0.